The number of rotatable bonds is 7. The van der Waals surface area contributed by atoms with E-state index in [-0.39, 0.29) is 17.2 Å². The summed E-state index contributed by atoms with van der Waals surface area (Å²) in [5.41, 5.74) is -0.299. The molecule has 1 aliphatic carbocycles. The molecule has 1 fully saturated rings. The zero-order valence-electron chi connectivity index (χ0n) is 16.6. The highest BCUT2D eigenvalue weighted by Gasteiger charge is 2.40. The Bertz CT molecular complexity index is 1070. The smallest absolute Gasteiger partial charge is 0.310 e. The number of benzene rings is 1. The summed E-state index contributed by atoms with van der Waals surface area (Å²) in [6, 6.07) is 7.80. The lowest BCUT2D eigenvalue weighted by Crippen LogP contribution is -2.35. The van der Waals surface area contributed by atoms with E-state index in [2.05, 4.69) is 15.3 Å². The highest BCUT2D eigenvalue weighted by molar-refractivity contribution is 7.13. The minimum atomic E-state index is -0.858. The first-order valence-electron chi connectivity index (χ1n) is 9.98. The first-order valence-corrected chi connectivity index (χ1v) is 11.2. The van der Waals surface area contributed by atoms with Crippen molar-refractivity contribution in [2.24, 2.45) is 5.41 Å². The second kappa shape index (κ2) is 9.20. The SMILES string of the molecule is O=C(O)C1(Cc2cc(Oc3cccc(Cl)c3F)cc(Nc3nccs3)n2)CCCCC1. The van der Waals surface area contributed by atoms with Crippen molar-refractivity contribution in [1.82, 2.24) is 9.97 Å². The molecule has 6 nitrogen and oxygen atoms in total. The van der Waals surface area contributed by atoms with Crippen molar-refractivity contribution in [3.8, 4) is 11.5 Å². The van der Waals surface area contributed by atoms with E-state index in [1.807, 2.05) is 5.38 Å². The number of carbonyl (C=O) groups is 1. The molecule has 2 heterocycles. The molecule has 4 rings (SSSR count). The molecule has 31 heavy (non-hydrogen) atoms. The van der Waals surface area contributed by atoms with Crippen LogP contribution in [0.4, 0.5) is 15.3 Å². The van der Waals surface area contributed by atoms with Gasteiger partial charge in [-0.25, -0.2) is 14.4 Å². The lowest BCUT2D eigenvalue weighted by atomic mass is 9.71. The van der Waals surface area contributed by atoms with Crippen molar-refractivity contribution in [3.05, 3.63) is 58.4 Å². The first-order chi connectivity index (χ1) is 14.9. The maximum absolute atomic E-state index is 14.4. The summed E-state index contributed by atoms with van der Waals surface area (Å²) in [5.74, 6) is -0.708. The molecule has 0 radical (unpaired) electrons. The van der Waals surface area contributed by atoms with E-state index < -0.39 is 17.2 Å². The number of halogens is 2. The van der Waals surface area contributed by atoms with Gasteiger partial charge in [-0.05, 0) is 25.0 Å². The summed E-state index contributed by atoms with van der Waals surface area (Å²) in [7, 11) is 0. The monoisotopic (exact) mass is 461 g/mol. The van der Waals surface area contributed by atoms with E-state index in [1.165, 1.54) is 23.5 Å². The molecule has 3 aromatic rings. The minimum absolute atomic E-state index is 0.0181. The fourth-order valence-electron chi connectivity index (χ4n) is 3.90. The normalized spacial score (nSPS) is 15.4. The number of anilines is 2. The summed E-state index contributed by atoms with van der Waals surface area (Å²) in [6.45, 7) is 0. The molecule has 0 saturated heterocycles. The van der Waals surface area contributed by atoms with Gasteiger partial charge in [-0.2, -0.15) is 0 Å². The number of aliphatic carboxylic acids is 1. The Morgan fingerprint density at radius 3 is 2.81 bits per heavy atom. The van der Waals surface area contributed by atoms with Crippen molar-refractivity contribution in [3.63, 3.8) is 0 Å². The summed E-state index contributed by atoms with van der Waals surface area (Å²) in [6.07, 6.45) is 5.93. The van der Waals surface area contributed by atoms with Crippen molar-refractivity contribution in [2.45, 2.75) is 38.5 Å². The lowest BCUT2D eigenvalue weighted by Gasteiger charge is -2.33. The lowest BCUT2D eigenvalue weighted by molar-refractivity contribution is -0.151. The molecule has 1 saturated carbocycles. The van der Waals surface area contributed by atoms with Gasteiger partial charge in [0.1, 0.15) is 11.6 Å². The number of nitrogens with one attached hydrogen (secondary N) is 1. The summed E-state index contributed by atoms with van der Waals surface area (Å²) < 4.78 is 20.1. The average molecular weight is 462 g/mol. The van der Waals surface area contributed by atoms with Gasteiger partial charge in [0, 0.05) is 35.8 Å². The third kappa shape index (κ3) is 4.97. The third-order valence-corrected chi connectivity index (χ3v) is 6.43. The van der Waals surface area contributed by atoms with Gasteiger partial charge in [0.2, 0.25) is 0 Å². The molecule has 2 aromatic heterocycles. The second-order valence-corrected chi connectivity index (χ2v) is 8.92. The fourth-order valence-corrected chi connectivity index (χ4v) is 4.60. The average Bonchev–Trinajstić information content (AvgIpc) is 3.25. The van der Waals surface area contributed by atoms with E-state index in [1.54, 1.807) is 24.4 Å². The number of nitrogens with zero attached hydrogens (tertiary/aromatic N) is 2. The molecule has 0 spiro atoms. The zero-order chi connectivity index (χ0) is 21.8. The van der Waals surface area contributed by atoms with Gasteiger partial charge in [-0.1, -0.05) is 36.9 Å². The van der Waals surface area contributed by atoms with E-state index in [0.29, 0.717) is 35.2 Å². The van der Waals surface area contributed by atoms with Crippen molar-refractivity contribution >= 4 is 39.9 Å². The molecule has 0 aliphatic heterocycles. The Kier molecular flexibility index (Phi) is 6.38. The Labute approximate surface area is 188 Å². The van der Waals surface area contributed by atoms with Crippen LogP contribution in [0.5, 0.6) is 11.5 Å². The van der Waals surface area contributed by atoms with Gasteiger partial charge >= 0.3 is 5.97 Å². The van der Waals surface area contributed by atoms with Crippen LogP contribution in [0.2, 0.25) is 5.02 Å². The number of ether oxygens (including phenoxy) is 1. The van der Waals surface area contributed by atoms with Crippen LogP contribution < -0.4 is 10.1 Å². The number of hydrogen-bond acceptors (Lipinski definition) is 6. The van der Waals surface area contributed by atoms with Gasteiger partial charge in [0.05, 0.1) is 10.4 Å². The molecule has 2 N–H and O–H groups in total. The molecule has 0 amide bonds. The number of carboxylic acid groups (broad SMARTS) is 1. The van der Waals surface area contributed by atoms with Crippen molar-refractivity contribution in [2.75, 3.05) is 5.32 Å². The maximum Gasteiger partial charge on any atom is 0.310 e. The molecule has 1 aromatic carbocycles. The Morgan fingerprint density at radius 1 is 1.29 bits per heavy atom. The Balaban J connectivity index is 1.69. The Morgan fingerprint density at radius 2 is 2.10 bits per heavy atom. The van der Waals surface area contributed by atoms with E-state index in [4.69, 9.17) is 16.3 Å². The number of pyridine rings is 1. The van der Waals surface area contributed by atoms with Crippen LogP contribution in [-0.2, 0) is 11.2 Å². The largest absolute Gasteiger partial charge is 0.481 e. The number of carboxylic acids is 1. The van der Waals surface area contributed by atoms with E-state index in [9.17, 15) is 14.3 Å². The topological polar surface area (TPSA) is 84.3 Å². The van der Waals surface area contributed by atoms with Crippen LogP contribution in [0, 0.1) is 11.2 Å². The standard InChI is InChI=1S/C22H21ClFN3O3S/c23-16-5-4-6-17(19(16)24)30-15-11-14(13-22(20(28)29)7-2-1-3-8-22)26-18(12-15)27-21-25-9-10-31-21/h4-6,9-12H,1-3,7-8,13H2,(H,28,29)(H,25,26,27). The molecule has 162 valence electrons. The van der Waals surface area contributed by atoms with Gasteiger partial charge in [-0.3, -0.25) is 4.79 Å². The van der Waals surface area contributed by atoms with Crippen LogP contribution in [0.1, 0.15) is 37.8 Å². The molecular formula is C22H21ClFN3O3S. The number of thiazole rings is 1. The van der Waals surface area contributed by atoms with Crippen LogP contribution >= 0.6 is 22.9 Å². The number of aromatic nitrogens is 2. The zero-order valence-corrected chi connectivity index (χ0v) is 18.2. The summed E-state index contributed by atoms with van der Waals surface area (Å²) in [5, 5.41) is 15.5. The van der Waals surface area contributed by atoms with Crippen LogP contribution in [0.15, 0.2) is 41.9 Å². The van der Waals surface area contributed by atoms with Gasteiger partial charge in [-0.15, -0.1) is 11.3 Å². The summed E-state index contributed by atoms with van der Waals surface area (Å²) in [4.78, 5) is 20.9. The second-order valence-electron chi connectivity index (χ2n) is 7.62. The van der Waals surface area contributed by atoms with Gasteiger partial charge in [0.15, 0.2) is 16.7 Å². The summed E-state index contributed by atoms with van der Waals surface area (Å²) >= 11 is 7.27. The van der Waals surface area contributed by atoms with E-state index in [0.717, 1.165) is 19.3 Å². The first kappa shape index (κ1) is 21.5. The maximum atomic E-state index is 14.4. The molecule has 0 unspecified atom stereocenters. The van der Waals surface area contributed by atoms with Crippen molar-refractivity contribution in [1.29, 1.82) is 0 Å². The predicted octanol–water partition coefficient (Wildman–Crippen LogP) is 6.44. The molecule has 9 heteroatoms. The van der Waals surface area contributed by atoms with Crippen LogP contribution in [0.3, 0.4) is 0 Å². The minimum Gasteiger partial charge on any atom is -0.481 e. The van der Waals surface area contributed by atoms with Crippen LogP contribution in [0.25, 0.3) is 0 Å². The van der Waals surface area contributed by atoms with E-state index >= 15 is 0 Å². The van der Waals surface area contributed by atoms with Crippen molar-refractivity contribution < 1.29 is 19.0 Å². The van der Waals surface area contributed by atoms with Gasteiger partial charge in [0.25, 0.3) is 0 Å². The molecule has 0 bridgehead atoms. The van der Waals surface area contributed by atoms with Gasteiger partial charge < -0.3 is 15.2 Å². The molecular weight excluding hydrogens is 441 g/mol. The highest BCUT2D eigenvalue weighted by atomic mass is 35.5. The third-order valence-electron chi connectivity index (χ3n) is 5.45. The molecule has 1 aliphatic rings. The number of hydrogen-bond donors (Lipinski definition) is 2. The predicted molar refractivity (Wildman–Crippen MR) is 118 cm³/mol. The quantitative estimate of drug-likeness (QED) is 0.421. The highest BCUT2D eigenvalue weighted by Crippen LogP contribution is 2.40. The molecule has 0 atom stereocenters. The van der Waals surface area contributed by atoms with Crippen LogP contribution in [-0.4, -0.2) is 21.0 Å². The fraction of sp³-hybridized carbons (Fsp3) is 0.318. The Hall–Kier alpha value is -2.71.